The van der Waals surface area contributed by atoms with Crippen LogP contribution >= 0.6 is 0 Å². The van der Waals surface area contributed by atoms with E-state index in [4.69, 9.17) is 5.73 Å². The van der Waals surface area contributed by atoms with Crippen LogP contribution in [0.15, 0.2) is 30.5 Å². The lowest BCUT2D eigenvalue weighted by atomic mass is 10.1. The zero-order valence-corrected chi connectivity index (χ0v) is 11.9. The van der Waals surface area contributed by atoms with E-state index in [9.17, 15) is 4.79 Å². The van der Waals surface area contributed by atoms with E-state index in [2.05, 4.69) is 0 Å². The Labute approximate surface area is 119 Å². The molecule has 2 aromatic rings. The van der Waals surface area contributed by atoms with Gasteiger partial charge in [-0.15, -0.1) is 0 Å². The molecule has 1 saturated heterocycles. The Morgan fingerprint density at radius 2 is 2.10 bits per heavy atom. The van der Waals surface area contributed by atoms with Gasteiger partial charge in [-0.3, -0.25) is 4.79 Å². The fourth-order valence-corrected chi connectivity index (χ4v) is 2.98. The molecule has 0 radical (unpaired) electrons. The second-order valence-electron chi connectivity index (χ2n) is 5.65. The molecule has 1 aromatic carbocycles. The van der Waals surface area contributed by atoms with Crippen LogP contribution in [-0.2, 0) is 7.05 Å². The summed E-state index contributed by atoms with van der Waals surface area (Å²) in [6, 6.07) is 8.19. The summed E-state index contributed by atoms with van der Waals surface area (Å²) in [6.07, 6.45) is 4.91. The minimum absolute atomic E-state index is 0.135. The molecule has 1 unspecified atom stereocenters. The molecule has 2 heterocycles. The predicted molar refractivity (Wildman–Crippen MR) is 80.6 cm³/mol. The summed E-state index contributed by atoms with van der Waals surface area (Å²) in [7, 11) is 2.00. The molecule has 4 heteroatoms. The summed E-state index contributed by atoms with van der Waals surface area (Å²) < 4.78 is 2.05. The van der Waals surface area contributed by atoms with Crippen LogP contribution in [0.5, 0.6) is 0 Å². The Morgan fingerprint density at radius 1 is 1.25 bits per heavy atom. The molecular formula is C16H21N3O. The first-order valence-corrected chi connectivity index (χ1v) is 7.26. The van der Waals surface area contributed by atoms with E-state index < -0.39 is 0 Å². The Morgan fingerprint density at radius 3 is 2.95 bits per heavy atom. The van der Waals surface area contributed by atoms with Crippen LogP contribution < -0.4 is 5.73 Å². The lowest BCUT2D eigenvalue weighted by molar-refractivity contribution is 0.0763. The van der Waals surface area contributed by atoms with E-state index in [1.54, 1.807) is 0 Å². The van der Waals surface area contributed by atoms with Crippen LogP contribution in [0.25, 0.3) is 10.9 Å². The quantitative estimate of drug-likeness (QED) is 0.864. The summed E-state index contributed by atoms with van der Waals surface area (Å²) in [4.78, 5) is 14.7. The van der Waals surface area contributed by atoms with E-state index in [0.717, 1.165) is 48.8 Å². The molecule has 1 atom stereocenters. The first-order valence-electron chi connectivity index (χ1n) is 7.26. The smallest absolute Gasteiger partial charge is 0.254 e. The molecule has 0 saturated carbocycles. The number of carbonyl (C=O) groups is 1. The minimum atomic E-state index is 0.135. The van der Waals surface area contributed by atoms with Gasteiger partial charge in [0.15, 0.2) is 0 Å². The highest BCUT2D eigenvalue weighted by Gasteiger charge is 2.21. The Kier molecular flexibility index (Phi) is 3.49. The summed E-state index contributed by atoms with van der Waals surface area (Å²) in [5, 5.41) is 1.04. The number of aryl methyl sites for hydroxylation is 1. The van der Waals surface area contributed by atoms with E-state index in [0.29, 0.717) is 0 Å². The van der Waals surface area contributed by atoms with Crippen molar-refractivity contribution in [3.8, 4) is 0 Å². The molecule has 1 aliphatic heterocycles. The molecule has 2 N–H and O–H groups in total. The molecule has 1 aliphatic rings. The lowest BCUT2D eigenvalue weighted by Gasteiger charge is -2.21. The monoisotopic (exact) mass is 271 g/mol. The van der Waals surface area contributed by atoms with Crippen molar-refractivity contribution >= 4 is 16.8 Å². The van der Waals surface area contributed by atoms with Crippen molar-refractivity contribution in [3.63, 3.8) is 0 Å². The first kappa shape index (κ1) is 13.2. The molecule has 106 valence electrons. The zero-order valence-electron chi connectivity index (χ0n) is 11.9. The van der Waals surface area contributed by atoms with Gasteiger partial charge in [-0.2, -0.15) is 0 Å². The maximum atomic E-state index is 12.8. The third-order valence-electron chi connectivity index (χ3n) is 4.22. The predicted octanol–water partition coefficient (Wildman–Crippen LogP) is 2.13. The molecule has 0 aliphatic carbocycles. The van der Waals surface area contributed by atoms with Gasteiger partial charge in [0.05, 0.1) is 0 Å². The molecule has 20 heavy (non-hydrogen) atoms. The molecule has 0 bridgehead atoms. The van der Waals surface area contributed by atoms with Gasteiger partial charge in [-0.25, -0.2) is 0 Å². The Balaban J connectivity index is 1.92. The summed E-state index contributed by atoms with van der Waals surface area (Å²) in [5.74, 6) is 0.135. The van der Waals surface area contributed by atoms with Crippen LogP contribution in [-0.4, -0.2) is 34.5 Å². The van der Waals surface area contributed by atoms with Gasteiger partial charge in [0.25, 0.3) is 5.91 Å². The maximum absolute atomic E-state index is 12.8. The molecule has 3 rings (SSSR count). The molecule has 1 fully saturated rings. The third-order valence-corrected chi connectivity index (χ3v) is 4.22. The molecular weight excluding hydrogens is 250 g/mol. The van der Waals surface area contributed by atoms with Gasteiger partial charge in [-0.05, 0) is 37.5 Å². The van der Waals surface area contributed by atoms with Crippen molar-refractivity contribution in [1.82, 2.24) is 9.47 Å². The number of nitrogens with two attached hydrogens (primary N) is 1. The first-order chi connectivity index (χ1) is 9.66. The number of carbonyl (C=O) groups excluding carboxylic acids is 1. The molecule has 4 nitrogen and oxygen atoms in total. The number of hydrogen-bond acceptors (Lipinski definition) is 2. The lowest BCUT2D eigenvalue weighted by Crippen LogP contribution is -2.32. The number of hydrogen-bond donors (Lipinski definition) is 1. The number of likely N-dealkylation sites (tertiary alicyclic amines) is 1. The largest absolute Gasteiger partial charge is 0.351 e. The van der Waals surface area contributed by atoms with Gasteiger partial charge in [0, 0.05) is 48.8 Å². The van der Waals surface area contributed by atoms with E-state index in [-0.39, 0.29) is 11.9 Å². The van der Waals surface area contributed by atoms with E-state index in [1.807, 2.05) is 47.0 Å². The van der Waals surface area contributed by atoms with Crippen molar-refractivity contribution in [2.24, 2.45) is 12.8 Å². The van der Waals surface area contributed by atoms with Crippen LogP contribution in [0.1, 0.15) is 29.6 Å². The van der Waals surface area contributed by atoms with Crippen LogP contribution in [0.3, 0.4) is 0 Å². The normalized spacial score (nSPS) is 20.1. The molecule has 1 aromatic heterocycles. The third kappa shape index (κ3) is 2.31. The van der Waals surface area contributed by atoms with Crippen LogP contribution in [0.4, 0.5) is 0 Å². The van der Waals surface area contributed by atoms with E-state index in [1.165, 1.54) is 0 Å². The van der Waals surface area contributed by atoms with Crippen LogP contribution in [0.2, 0.25) is 0 Å². The van der Waals surface area contributed by atoms with Gasteiger partial charge in [0.1, 0.15) is 0 Å². The molecule has 0 spiro atoms. The van der Waals surface area contributed by atoms with Gasteiger partial charge < -0.3 is 15.2 Å². The van der Waals surface area contributed by atoms with Crippen molar-refractivity contribution < 1.29 is 4.79 Å². The SMILES string of the molecule is Cn1ccc2c(C(=O)N3CCCC(N)CC3)cccc21. The highest BCUT2D eigenvalue weighted by molar-refractivity contribution is 6.06. The number of rotatable bonds is 1. The zero-order chi connectivity index (χ0) is 14.1. The fraction of sp³-hybridized carbons (Fsp3) is 0.438. The van der Waals surface area contributed by atoms with Gasteiger partial charge in [-0.1, -0.05) is 6.07 Å². The standard InChI is InChI=1S/C16H21N3O/c1-18-10-8-13-14(5-2-6-15(13)18)16(20)19-9-3-4-12(17)7-11-19/h2,5-6,8,10,12H,3-4,7,9,11,17H2,1H3. The number of nitrogens with zero attached hydrogens (tertiary/aromatic N) is 2. The maximum Gasteiger partial charge on any atom is 0.254 e. The highest BCUT2D eigenvalue weighted by atomic mass is 16.2. The highest BCUT2D eigenvalue weighted by Crippen LogP contribution is 2.22. The van der Waals surface area contributed by atoms with Crippen molar-refractivity contribution in [1.29, 1.82) is 0 Å². The number of fused-ring (bicyclic) bond motifs is 1. The average molecular weight is 271 g/mol. The summed E-state index contributed by atoms with van der Waals surface area (Å²) in [5.41, 5.74) is 7.89. The van der Waals surface area contributed by atoms with Gasteiger partial charge >= 0.3 is 0 Å². The number of aromatic nitrogens is 1. The van der Waals surface area contributed by atoms with Gasteiger partial charge in [0.2, 0.25) is 0 Å². The average Bonchev–Trinajstić information content (AvgIpc) is 2.69. The van der Waals surface area contributed by atoms with Crippen LogP contribution in [0, 0.1) is 0 Å². The minimum Gasteiger partial charge on any atom is -0.351 e. The Hall–Kier alpha value is -1.81. The van der Waals surface area contributed by atoms with Crippen molar-refractivity contribution in [2.45, 2.75) is 25.3 Å². The topological polar surface area (TPSA) is 51.3 Å². The summed E-state index contributed by atoms with van der Waals surface area (Å²) in [6.45, 7) is 1.58. The summed E-state index contributed by atoms with van der Waals surface area (Å²) >= 11 is 0. The second-order valence-corrected chi connectivity index (χ2v) is 5.65. The number of amides is 1. The fourth-order valence-electron chi connectivity index (χ4n) is 2.98. The number of benzene rings is 1. The Bertz CT molecular complexity index is 632. The van der Waals surface area contributed by atoms with Crippen molar-refractivity contribution in [3.05, 3.63) is 36.0 Å². The second kappa shape index (κ2) is 5.29. The molecule has 1 amide bonds. The van der Waals surface area contributed by atoms with Crippen molar-refractivity contribution in [2.75, 3.05) is 13.1 Å². The van der Waals surface area contributed by atoms with E-state index >= 15 is 0 Å².